The molecular formula is C14H18N6O2. The lowest BCUT2D eigenvalue weighted by Crippen LogP contribution is -2.32. The standard InChI is InChI=1S/C14H18N6O2/c1-8(2)13-18-12(19-22-13)9-4-3-7-20(9)14(21)10-11(15)17-6-5-16-10/h5-6,8-9H,3-4,7H2,1-2H3,(H2,15,17). The summed E-state index contributed by atoms with van der Waals surface area (Å²) in [5, 5.41) is 4.02. The molecule has 22 heavy (non-hydrogen) atoms. The second kappa shape index (κ2) is 5.70. The molecule has 1 unspecified atom stereocenters. The van der Waals surface area contributed by atoms with Crippen LogP contribution in [0.3, 0.4) is 0 Å². The second-order valence-electron chi connectivity index (χ2n) is 5.59. The monoisotopic (exact) mass is 302 g/mol. The van der Waals surface area contributed by atoms with Crippen molar-refractivity contribution in [2.75, 3.05) is 12.3 Å². The number of hydrogen-bond acceptors (Lipinski definition) is 7. The molecule has 0 aliphatic carbocycles. The van der Waals surface area contributed by atoms with Crippen molar-refractivity contribution in [1.29, 1.82) is 0 Å². The molecule has 8 heteroatoms. The Balaban J connectivity index is 1.86. The van der Waals surface area contributed by atoms with Gasteiger partial charge in [-0.2, -0.15) is 4.98 Å². The van der Waals surface area contributed by atoms with Gasteiger partial charge >= 0.3 is 0 Å². The van der Waals surface area contributed by atoms with E-state index < -0.39 is 0 Å². The molecule has 2 N–H and O–H groups in total. The summed E-state index contributed by atoms with van der Waals surface area (Å²) < 4.78 is 5.24. The molecule has 0 spiro atoms. The number of nitrogen functional groups attached to an aromatic ring is 1. The molecule has 8 nitrogen and oxygen atoms in total. The largest absolute Gasteiger partial charge is 0.382 e. The first-order chi connectivity index (χ1) is 10.6. The van der Waals surface area contributed by atoms with Crippen molar-refractivity contribution in [2.45, 2.75) is 38.6 Å². The van der Waals surface area contributed by atoms with E-state index in [4.69, 9.17) is 10.3 Å². The molecular weight excluding hydrogens is 284 g/mol. The van der Waals surface area contributed by atoms with E-state index in [9.17, 15) is 4.79 Å². The maximum atomic E-state index is 12.6. The SMILES string of the molecule is CC(C)c1nc(C2CCCN2C(=O)c2nccnc2N)no1. The van der Waals surface area contributed by atoms with Gasteiger partial charge in [0.2, 0.25) is 5.89 Å². The number of carbonyl (C=O) groups is 1. The molecule has 1 amide bonds. The smallest absolute Gasteiger partial charge is 0.276 e. The van der Waals surface area contributed by atoms with Gasteiger partial charge in [0.1, 0.15) is 0 Å². The molecule has 0 radical (unpaired) electrons. The highest BCUT2D eigenvalue weighted by molar-refractivity contribution is 5.96. The quantitative estimate of drug-likeness (QED) is 0.915. The summed E-state index contributed by atoms with van der Waals surface area (Å²) in [6.45, 7) is 4.58. The van der Waals surface area contributed by atoms with Crippen LogP contribution in [0.1, 0.15) is 60.9 Å². The number of aromatic nitrogens is 4. The van der Waals surface area contributed by atoms with Crippen LogP contribution in [0.2, 0.25) is 0 Å². The van der Waals surface area contributed by atoms with Crippen molar-refractivity contribution in [2.24, 2.45) is 0 Å². The number of amides is 1. The van der Waals surface area contributed by atoms with Gasteiger partial charge in [0.15, 0.2) is 17.3 Å². The summed E-state index contributed by atoms with van der Waals surface area (Å²) >= 11 is 0. The van der Waals surface area contributed by atoms with Crippen LogP contribution in [0.25, 0.3) is 0 Å². The van der Waals surface area contributed by atoms with Crippen molar-refractivity contribution in [3.05, 3.63) is 29.8 Å². The zero-order valence-corrected chi connectivity index (χ0v) is 12.6. The van der Waals surface area contributed by atoms with Gasteiger partial charge in [0.05, 0.1) is 6.04 Å². The third-order valence-corrected chi connectivity index (χ3v) is 3.69. The lowest BCUT2D eigenvalue weighted by molar-refractivity contribution is 0.0723. The first kappa shape index (κ1) is 14.4. The van der Waals surface area contributed by atoms with E-state index in [-0.39, 0.29) is 29.4 Å². The molecule has 1 atom stereocenters. The zero-order chi connectivity index (χ0) is 15.7. The molecule has 0 bridgehead atoms. The molecule has 0 aromatic carbocycles. The molecule has 116 valence electrons. The minimum Gasteiger partial charge on any atom is -0.382 e. The molecule has 1 aliphatic rings. The summed E-state index contributed by atoms with van der Waals surface area (Å²) in [5.74, 6) is 1.16. The Labute approximate surface area is 127 Å². The predicted molar refractivity (Wildman–Crippen MR) is 77.8 cm³/mol. The van der Waals surface area contributed by atoms with Crippen molar-refractivity contribution in [1.82, 2.24) is 25.0 Å². The maximum absolute atomic E-state index is 12.6. The Morgan fingerprint density at radius 3 is 2.86 bits per heavy atom. The highest BCUT2D eigenvalue weighted by Crippen LogP contribution is 2.32. The van der Waals surface area contributed by atoms with Crippen LogP contribution in [0.15, 0.2) is 16.9 Å². The van der Waals surface area contributed by atoms with Gasteiger partial charge in [-0.1, -0.05) is 19.0 Å². The Kier molecular flexibility index (Phi) is 3.74. The Morgan fingerprint density at radius 1 is 1.41 bits per heavy atom. The molecule has 1 fully saturated rings. The number of nitrogens with two attached hydrogens (primary N) is 1. The topological polar surface area (TPSA) is 111 Å². The van der Waals surface area contributed by atoms with E-state index >= 15 is 0 Å². The number of carbonyl (C=O) groups excluding carboxylic acids is 1. The molecule has 2 aromatic heterocycles. The lowest BCUT2D eigenvalue weighted by Gasteiger charge is -2.21. The zero-order valence-electron chi connectivity index (χ0n) is 12.6. The molecule has 1 aliphatic heterocycles. The fraction of sp³-hybridized carbons (Fsp3) is 0.500. The Hall–Kier alpha value is -2.51. The van der Waals surface area contributed by atoms with Crippen LogP contribution in [0.5, 0.6) is 0 Å². The van der Waals surface area contributed by atoms with Crippen LogP contribution >= 0.6 is 0 Å². The summed E-state index contributed by atoms with van der Waals surface area (Å²) in [6, 6.07) is -0.204. The Bertz CT molecular complexity index is 683. The lowest BCUT2D eigenvalue weighted by atomic mass is 10.2. The summed E-state index contributed by atoms with van der Waals surface area (Å²) in [4.78, 5) is 26.7. The third-order valence-electron chi connectivity index (χ3n) is 3.69. The first-order valence-corrected chi connectivity index (χ1v) is 7.29. The summed E-state index contributed by atoms with van der Waals surface area (Å²) in [6.07, 6.45) is 4.59. The van der Waals surface area contributed by atoms with E-state index in [2.05, 4.69) is 20.1 Å². The van der Waals surface area contributed by atoms with Crippen molar-refractivity contribution in [3.8, 4) is 0 Å². The van der Waals surface area contributed by atoms with Gasteiger partial charge < -0.3 is 15.2 Å². The normalized spacial score (nSPS) is 18.1. The number of nitrogens with zero attached hydrogens (tertiary/aromatic N) is 5. The van der Waals surface area contributed by atoms with Crippen LogP contribution < -0.4 is 5.73 Å². The molecule has 0 saturated carbocycles. The van der Waals surface area contributed by atoms with E-state index in [1.54, 1.807) is 4.90 Å². The van der Waals surface area contributed by atoms with Crippen molar-refractivity contribution in [3.63, 3.8) is 0 Å². The minimum absolute atomic E-state index is 0.133. The first-order valence-electron chi connectivity index (χ1n) is 7.29. The van der Waals surface area contributed by atoms with Crippen LogP contribution in [-0.4, -0.2) is 37.5 Å². The second-order valence-corrected chi connectivity index (χ2v) is 5.59. The van der Waals surface area contributed by atoms with Crippen LogP contribution in [0, 0.1) is 0 Å². The number of hydrogen-bond donors (Lipinski definition) is 1. The number of likely N-dealkylation sites (tertiary alicyclic amines) is 1. The predicted octanol–water partition coefficient (Wildman–Crippen LogP) is 1.54. The molecule has 2 aromatic rings. The van der Waals surface area contributed by atoms with E-state index in [1.165, 1.54) is 12.4 Å². The van der Waals surface area contributed by atoms with Gasteiger partial charge in [0, 0.05) is 24.9 Å². The molecule has 3 heterocycles. The summed E-state index contributed by atoms with van der Waals surface area (Å²) in [7, 11) is 0. The number of anilines is 1. The highest BCUT2D eigenvalue weighted by Gasteiger charge is 2.35. The fourth-order valence-corrected chi connectivity index (χ4v) is 2.54. The van der Waals surface area contributed by atoms with Gasteiger partial charge in [-0.25, -0.2) is 9.97 Å². The third kappa shape index (κ3) is 2.51. The maximum Gasteiger partial charge on any atom is 0.276 e. The number of rotatable bonds is 3. The highest BCUT2D eigenvalue weighted by atomic mass is 16.5. The minimum atomic E-state index is -0.246. The van der Waals surface area contributed by atoms with Gasteiger partial charge in [-0.3, -0.25) is 4.79 Å². The molecule has 1 saturated heterocycles. The average molecular weight is 302 g/mol. The average Bonchev–Trinajstić information content (AvgIpc) is 3.15. The Morgan fingerprint density at radius 2 is 2.18 bits per heavy atom. The van der Waals surface area contributed by atoms with Gasteiger partial charge in [-0.15, -0.1) is 0 Å². The van der Waals surface area contributed by atoms with Gasteiger partial charge in [0.25, 0.3) is 5.91 Å². The molecule has 3 rings (SSSR count). The summed E-state index contributed by atoms with van der Waals surface area (Å²) in [5.41, 5.74) is 5.91. The van der Waals surface area contributed by atoms with E-state index in [1.807, 2.05) is 13.8 Å². The van der Waals surface area contributed by atoms with E-state index in [0.29, 0.717) is 18.3 Å². The van der Waals surface area contributed by atoms with Gasteiger partial charge in [-0.05, 0) is 12.8 Å². The van der Waals surface area contributed by atoms with E-state index in [0.717, 1.165) is 12.8 Å². The van der Waals surface area contributed by atoms with Crippen molar-refractivity contribution < 1.29 is 9.32 Å². The van der Waals surface area contributed by atoms with Crippen LogP contribution in [-0.2, 0) is 0 Å². The van der Waals surface area contributed by atoms with Crippen molar-refractivity contribution >= 4 is 11.7 Å². The fourth-order valence-electron chi connectivity index (χ4n) is 2.54. The van der Waals surface area contributed by atoms with Crippen LogP contribution in [0.4, 0.5) is 5.82 Å².